The molecule has 1 aromatic carbocycles. The maximum Gasteiger partial charge on any atom is 0.129 e. The van der Waals surface area contributed by atoms with Crippen molar-refractivity contribution in [1.29, 1.82) is 0 Å². The molecule has 2 atom stereocenters. The van der Waals surface area contributed by atoms with Gasteiger partial charge in [-0.15, -0.1) is 0 Å². The molecule has 0 spiro atoms. The summed E-state index contributed by atoms with van der Waals surface area (Å²) < 4.78 is 0. The summed E-state index contributed by atoms with van der Waals surface area (Å²) in [5.74, 6) is 2.44. The maximum atomic E-state index is 5.23. The summed E-state index contributed by atoms with van der Waals surface area (Å²) in [4.78, 5) is 20.2. The van der Waals surface area contributed by atoms with E-state index in [2.05, 4.69) is 88.2 Å². The first-order valence-electron chi connectivity index (χ1n) is 13.5. The van der Waals surface area contributed by atoms with Gasteiger partial charge < -0.3 is 14.7 Å². The van der Waals surface area contributed by atoms with Gasteiger partial charge in [-0.2, -0.15) is 0 Å². The van der Waals surface area contributed by atoms with Crippen LogP contribution in [0.5, 0.6) is 0 Å². The van der Waals surface area contributed by atoms with Crippen molar-refractivity contribution in [3.8, 4) is 0 Å². The molecule has 2 aromatic rings. The first-order chi connectivity index (χ1) is 17.6. The van der Waals surface area contributed by atoms with Gasteiger partial charge >= 0.3 is 0 Å². The summed E-state index contributed by atoms with van der Waals surface area (Å²) in [5, 5.41) is 0. The highest BCUT2D eigenvalue weighted by molar-refractivity contribution is 5.96. The molecule has 1 saturated heterocycles. The van der Waals surface area contributed by atoms with Crippen molar-refractivity contribution in [3.63, 3.8) is 0 Å². The molecule has 0 saturated carbocycles. The Morgan fingerprint density at radius 1 is 1.06 bits per heavy atom. The summed E-state index contributed by atoms with van der Waals surface area (Å²) in [5.41, 5.74) is 5.37. The van der Waals surface area contributed by atoms with E-state index in [0.29, 0.717) is 6.04 Å². The van der Waals surface area contributed by atoms with Crippen molar-refractivity contribution in [2.75, 3.05) is 46.3 Å². The molecule has 36 heavy (non-hydrogen) atoms. The topological polar surface area (TPSA) is 38.2 Å². The zero-order valence-corrected chi connectivity index (χ0v) is 21.7. The minimum absolute atomic E-state index is 0.248. The lowest BCUT2D eigenvalue weighted by Gasteiger charge is -2.40. The van der Waals surface area contributed by atoms with Gasteiger partial charge in [0.25, 0.3) is 0 Å². The Hall–Kier alpha value is -2.96. The third-order valence-corrected chi connectivity index (χ3v) is 8.14. The number of amidine groups is 1. The number of hydrogen-bond donors (Lipinski definition) is 0. The van der Waals surface area contributed by atoms with E-state index in [-0.39, 0.29) is 6.04 Å². The van der Waals surface area contributed by atoms with Crippen LogP contribution in [-0.4, -0.2) is 82.8 Å². The Morgan fingerprint density at radius 2 is 1.89 bits per heavy atom. The zero-order valence-electron chi connectivity index (χ0n) is 21.7. The number of aliphatic imine (C=N–C) groups is 1. The summed E-state index contributed by atoms with van der Waals surface area (Å²) in [6.45, 7) is 9.37. The SMILES string of the molecule is Cc1ccc(CN(CC2CN3C(N4CCN(C)CC4)=CC=CC3=N2)[C@H]2CCCc3cccnc32)cc1. The predicted octanol–water partition coefficient (Wildman–Crippen LogP) is 4.01. The van der Waals surface area contributed by atoms with E-state index in [1.807, 2.05) is 6.20 Å². The van der Waals surface area contributed by atoms with Crippen molar-refractivity contribution in [3.05, 3.63) is 89.0 Å². The average Bonchev–Trinajstić information content (AvgIpc) is 3.32. The summed E-state index contributed by atoms with van der Waals surface area (Å²) in [6, 6.07) is 14.0. The Labute approximate surface area is 215 Å². The molecule has 0 radical (unpaired) electrons. The summed E-state index contributed by atoms with van der Waals surface area (Å²) in [6.07, 6.45) is 12.1. The third kappa shape index (κ3) is 4.84. The lowest BCUT2D eigenvalue weighted by Crippen LogP contribution is -2.48. The predicted molar refractivity (Wildman–Crippen MR) is 146 cm³/mol. The molecule has 0 amide bonds. The molecule has 6 nitrogen and oxygen atoms in total. The molecule has 6 rings (SSSR count). The van der Waals surface area contributed by atoms with Crippen LogP contribution in [-0.2, 0) is 13.0 Å². The fourth-order valence-electron chi connectivity index (χ4n) is 6.11. The van der Waals surface area contributed by atoms with E-state index in [0.717, 1.165) is 64.5 Å². The third-order valence-electron chi connectivity index (χ3n) is 8.14. The average molecular weight is 483 g/mol. The maximum absolute atomic E-state index is 5.23. The second-order valence-corrected chi connectivity index (χ2v) is 10.8. The van der Waals surface area contributed by atoms with Gasteiger partial charge in [0.1, 0.15) is 11.7 Å². The molecule has 1 aliphatic carbocycles. The van der Waals surface area contributed by atoms with Gasteiger partial charge in [-0.3, -0.25) is 14.9 Å². The molecule has 1 aromatic heterocycles. The second kappa shape index (κ2) is 10.2. The number of nitrogens with zero attached hydrogens (tertiary/aromatic N) is 6. The molecule has 4 heterocycles. The fourth-order valence-corrected chi connectivity index (χ4v) is 6.11. The van der Waals surface area contributed by atoms with Crippen molar-refractivity contribution < 1.29 is 0 Å². The quantitative estimate of drug-likeness (QED) is 0.622. The minimum atomic E-state index is 0.248. The summed E-state index contributed by atoms with van der Waals surface area (Å²) in [7, 11) is 2.21. The molecule has 0 N–H and O–H groups in total. The van der Waals surface area contributed by atoms with Crippen LogP contribution < -0.4 is 0 Å². The van der Waals surface area contributed by atoms with Crippen LogP contribution in [0.1, 0.15) is 41.3 Å². The van der Waals surface area contributed by atoms with Gasteiger partial charge in [-0.25, -0.2) is 0 Å². The number of aryl methyl sites for hydroxylation is 2. The van der Waals surface area contributed by atoms with Gasteiger partial charge in [-0.1, -0.05) is 42.0 Å². The van der Waals surface area contributed by atoms with Crippen LogP contribution in [0.25, 0.3) is 0 Å². The minimum Gasteiger partial charge on any atom is -0.355 e. The number of hydrogen-bond acceptors (Lipinski definition) is 6. The van der Waals surface area contributed by atoms with Crippen molar-refractivity contribution in [2.45, 2.75) is 44.8 Å². The van der Waals surface area contributed by atoms with E-state index in [9.17, 15) is 0 Å². The lowest BCUT2D eigenvalue weighted by molar-refractivity contribution is 0.145. The molecule has 188 valence electrons. The standard InChI is InChI=1S/C30H38N6/c1-23-11-13-24(14-12-23)20-35(27-8-3-6-25-7-5-15-31-30(25)27)21-26-22-36-28(32-26)9-4-10-29(36)34-18-16-33(2)17-19-34/h4-5,7,9-15,26-27H,3,6,8,16-22H2,1-2H3/t26?,27-/m0/s1. The van der Waals surface area contributed by atoms with E-state index in [1.165, 1.54) is 34.6 Å². The van der Waals surface area contributed by atoms with Crippen molar-refractivity contribution >= 4 is 5.84 Å². The number of rotatable bonds is 6. The number of benzene rings is 1. The monoisotopic (exact) mass is 482 g/mol. The van der Waals surface area contributed by atoms with Gasteiger partial charge in [0.2, 0.25) is 0 Å². The molecular formula is C30H38N6. The van der Waals surface area contributed by atoms with Gasteiger partial charge in [-0.05, 0) is 62.6 Å². The Kier molecular flexibility index (Phi) is 6.63. The fraction of sp³-hybridized carbons (Fsp3) is 0.467. The summed E-state index contributed by atoms with van der Waals surface area (Å²) >= 11 is 0. The molecule has 1 fully saturated rings. The second-order valence-electron chi connectivity index (χ2n) is 10.8. The Balaban J connectivity index is 1.23. The molecule has 1 unspecified atom stereocenters. The van der Waals surface area contributed by atoms with E-state index in [1.54, 1.807) is 0 Å². The number of pyridine rings is 1. The number of fused-ring (bicyclic) bond motifs is 2. The van der Waals surface area contributed by atoms with Crippen molar-refractivity contribution in [2.24, 2.45) is 4.99 Å². The largest absolute Gasteiger partial charge is 0.355 e. The van der Waals surface area contributed by atoms with Crippen LogP contribution in [0.3, 0.4) is 0 Å². The van der Waals surface area contributed by atoms with Gasteiger partial charge in [0, 0.05) is 52.0 Å². The molecule has 4 aliphatic rings. The number of allylic oxidation sites excluding steroid dienone is 2. The normalized spacial score (nSPS) is 24.0. The first-order valence-corrected chi connectivity index (χ1v) is 13.5. The van der Waals surface area contributed by atoms with E-state index >= 15 is 0 Å². The number of likely N-dealkylation sites (N-methyl/N-ethyl adjacent to an activating group) is 1. The van der Waals surface area contributed by atoms with Gasteiger partial charge in [0.05, 0.1) is 17.8 Å². The van der Waals surface area contributed by atoms with Crippen molar-refractivity contribution in [1.82, 2.24) is 24.6 Å². The van der Waals surface area contributed by atoms with Crippen LogP contribution in [0.4, 0.5) is 0 Å². The molecule has 6 heteroatoms. The van der Waals surface area contributed by atoms with Crippen LogP contribution in [0.2, 0.25) is 0 Å². The molecule has 3 aliphatic heterocycles. The van der Waals surface area contributed by atoms with Crippen LogP contribution >= 0.6 is 0 Å². The highest BCUT2D eigenvalue weighted by Crippen LogP contribution is 2.35. The highest BCUT2D eigenvalue weighted by atomic mass is 15.4. The van der Waals surface area contributed by atoms with E-state index in [4.69, 9.17) is 9.98 Å². The molecule has 0 bridgehead atoms. The zero-order chi connectivity index (χ0) is 24.5. The molecular weight excluding hydrogens is 444 g/mol. The van der Waals surface area contributed by atoms with Crippen LogP contribution in [0, 0.1) is 6.92 Å². The number of piperazine rings is 1. The Bertz CT molecular complexity index is 1160. The first kappa shape index (κ1) is 23.4. The van der Waals surface area contributed by atoms with Crippen LogP contribution in [0.15, 0.2) is 71.6 Å². The number of aromatic nitrogens is 1. The Morgan fingerprint density at radius 3 is 2.72 bits per heavy atom. The van der Waals surface area contributed by atoms with E-state index < -0.39 is 0 Å². The lowest BCUT2D eigenvalue weighted by atomic mass is 9.90. The van der Waals surface area contributed by atoms with Gasteiger partial charge in [0.15, 0.2) is 0 Å². The highest BCUT2D eigenvalue weighted by Gasteiger charge is 2.34. The smallest absolute Gasteiger partial charge is 0.129 e.